The third-order valence-corrected chi connectivity index (χ3v) is 1.34. The second-order valence-electron chi connectivity index (χ2n) is 1.85. The lowest BCUT2D eigenvalue weighted by molar-refractivity contribution is -0.104. The zero-order chi connectivity index (χ0) is 8.27. The molecule has 0 N–H and O–H groups in total. The summed E-state index contributed by atoms with van der Waals surface area (Å²) in [7, 11) is 0. The molecule has 0 spiro atoms. The van der Waals surface area contributed by atoms with Gasteiger partial charge >= 0.3 is 0 Å². The Morgan fingerprint density at radius 2 is 2.27 bits per heavy atom. The first-order valence-corrected chi connectivity index (χ1v) is 3.23. The van der Waals surface area contributed by atoms with Gasteiger partial charge in [-0.05, 0) is 12.1 Å². The van der Waals surface area contributed by atoms with Crippen molar-refractivity contribution >= 4 is 23.7 Å². The second kappa shape index (κ2) is 3.25. The van der Waals surface area contributed by atoms with Crippen LogP contribution in [0.1, 0.15) is 10.4 Å². The van der Waals surface area contributed by atoms with Crippen LogP contribution in [0.15, 0.2) is 18.3 Å². The number of Topliss-reactive ketones (excluding diaryl/α,β-unsaturated/α-hetero) is 1. The molecule has 0 aliphatic carbocycles. The van der Waals surface area contributed by atoms with Crippen molar-refractivity contribution in [2.45, 2.75) is 0 Å². The van der Waals surface area contributed by atoms with Crippen LogP contribution in [0.4, 0.5) is 0 Å². The first-order chi connectivity index (χ1) is 5.24. The van der Waals surface area contributed by atoms with Crippen LogP contribution in [-0.2, 0) is 4.79 Å². The molecule has 0 amide bonds. The number of halogens is 1. The van der Waals surface area contributed by atoms with E-state index in [0.717, 1.165) is 0 Å². The van der Waals surface area contributed by atoms with Crippen molar-refractivity contribution in [2.75, 3.05) is 0 Å². The molecule has 56 valence electrons. The van der Waals surface area contributed by atoms with Crippen molar-refractivity contribution in [1.82, 2.24) is 4.98 Å². The molecule has 0 saturated carbocycles. The molecule has 1 heterocycles. The predicted molar refractivity (Wildman–Crippen MR) is 39.6 cm³/mol. The number of pyridine rings is 1. The van der Waals surface area contributed by atoms with Gasteiger partial charge in [0.15, 0.2) is 6.29 Å². The maximum atomic E-state index is 10.7. The lowest BCUT2D eigenvalue weighted by Gasteiger charge is -1.91. The number of carbonyl (C=O) groups is 2. The van der Waals surface area contributed by atoms with E-state index in [4.69, 9.17) is 11.6 Å². The molecule has 1 rings (SSSR count). The van der Waals surface area contributed by atoms with Gasteiger partial charge in [0.1, 0.15) is 5.15 Å². The highest BCUT2D eigenvalue weighted by molar-refractivity contribution is 6.33. The van der Waals surface area contributed by atoms with Gasteiger partial charge in [-0.2, -0.15) is 0 Å². The quantitative estimate of drug-likeness (QED) is 0.289. The summed E-state index contributed by atoms with van der Waals surface area (Å²) in [6, 6.07) is 2.91. The summed E-state index contributed by atoms with van der Waals surface area (Å²) in [4.78, 5) is 24.3. The van der Waals surface area contributed by atoms with Crippen molar-refractivity contribution in [1.29, 1.82) is 0 Å². The van der Waals surface area contributed by atoms with Gasteiger partial charge in [-0.3, -0.25) is 9.59 Å². The van der Waals surface area contributed by atoms with E-state index in [2.05, 4.69) is 4.98 Å². The number of carbonyl (C=O) groups excluding carboxylic acids is 2. The molecule has 11 heavy (non-hydrogen) atoms. The number of nitrogens with zero attached hydrogens (tertiary/aromatic N) is 1. The zero-order valence-corrected chi connectivity index (χ0v) is 6.21. The summed E-state index contributed by atoms with van der Waals surface area (Å²) in [6.07, 6.45) is 1.50. The Morgan fingerprint density at radius 3 is 2.73 bits per heavy atom. The molecule has 0 radical (unpaired) electrons. The highest BCUT2D eigenvalue weighted by Gasteiger charge is 2.02. The molecule has 0 atom stereocenters. The Bertz CT molecular complexity index is 281. The van der Waals surface area contributed by atoms with Gasteiger partial charge in [-0.15, -0.1) is 0 Å². The van der Waals surface area contributed by atoms with Crippen LogP contribution in [0.5, 0.6) is 0 Å². The van der Waals surface area contributed by atoms with Crippen LogP contribution in [-0.4, -0.2) is 17.1 Å². The fraction of sp³-hybridized carbons (Fsp3) is 0. The highest BCUT2D eigenvalue weighted by Crippen LogP contribution is 2.04. The van der Waals surface area contributed by atoms with Crippen LogP contribution in [0.3, 0.4) is 0 Å². The molecular weight excluding hydrogens is 166 g/mol. The van der Waals surface area contributed by atoms with Gasteiger partial charge in [0.2, 0.25) is 5.78 Å². The minimum absolute atomic E-state index is 0.241. The standard InChI is InChI=1S/C7H4ClNO2/c8-7-2-1-5(3-9-7)6(11)4-10/h1-4H. The number of ketones is 1. The summed E-state index contributed by atoms with van der Waals surface area (Å²) in [6.45, 7) is 0. The fourth-order valence-electron chi connectivity index (χ4n) is 0.590. The number of aldehydes is 1. The SMILES string of the molecule is O=CC(=O)c1ccc(Cl)nc1. The van der Waals surface area contributed by atoms with Crippen LogP contribution >= 0.6 is 11.6 Å². The number of aromatic nitrogens is 1. The first-order valence-electron chi connectivity index (χ1n) is 2.85. The molecule has 3 nitrogen and oxygen atoms in total. The van der Waals surface area contributed by atoms with Gasteiger partial charge in [0.05, 0.1) is 0 Å². The Morgan fingerprint density at radius 1 is 1.55 bits per heavy atom. The molecule has 1 aromatic rings. The van der Waals surface area contributed by atoms with E-state index < -0.39 is 5.78 Å². The minimum Gasteiger partial charge on any atom is -0.294 e. The smallest absolute Gasteiger partial charge is 0.226 e. The van der Waals surface area contributed by atoms with Crippen molar-refractivity contribution in [3.8, 4) is 0 Å². The maximum Gasteiger partial charge on any atom is 0.226 e. The number of hydrogen-bond donors (Lipinski definition) is 0. The first kappa shape index (κ1) is 7.88. The summed E-state index contributed by atoms with van der Waals surface area (Å²) in [5.74, 6) is -0.589. The fourth-order valence-corrected chi connectivity index (χ4v) is 0.701. The Kier molecular flexibility index (Phi) is 2.33. The summed E-state index contributed by atoms with van der Waals surface area (Å²) in [5.41, 5.74) is 0.254. The maximum absolute atomic E-state index is 10.7. The summed E-state index contributed by atoms with van der Waals surface area (Å²) >= 11 is 5.45. The average Bonchev–Trinajstić information content (AvgIpc) is 2.05. The lowest BCUT2D eigenvalue weighted by atomic mass is 10.2. The van der Waals surface area contributed by atoms with Crippen LogP contribution in [0, 0.1) is 0 Å². The van der Waals surface area contributed by atoms with Gasteiger partial charge in [-0.25, -0.2) is 4.98 Å². The number of rotatable bonds is 2. The van der Waals surface area contributed by atoms with Crippen molar-refractivity contribution in [2.24, 2.45) is 0 Å². The summed E-state index contributed by atoms with van der Waals surface area (Å²) < 4.78 is 0. The normalized spacial score (nSPS) is 9.18. The van der Waals surface area contributed by atoms with E-state index in [9.17, 15) is 9.59 Å². The molecule has 0 aliphatic rings. The third-order valence-electron chi connectivity index (χ3n) is 1.12. The monoisotopic (exact) mass is 169 g/mol. The van der Waals surface area contributed by atoms with Crippen molar-refractivity contribution < 1.29 is 9.59 Å². The van der Waals surface area contributed by atoms with Crippen molar-refractivity contribution in [3.05, 3.63) is 29.0 Å². The second-order valence-corrected chi connectivity index (χ2v) is 2.24. The number of hydrogen-bond acceptors (Lipinski definition) is 3. The summed E-state index contributed by atoms with van der Waals surface area (Å²) in [5, 5.41) is 0.299. The third kappa shape index (κ3) is 1.85. The van der Waals surface area contributed by atoms with E-state index in [1.807, 2.05) is 0 Å². The topological polar surface area (TPSA) is 47.0 Å². The molecule has 0 aromatic carbocycles. The predicted octanol–water partition coefficient (Wildman–Crippen LogP) is 1.12. The largest absolute Gasteiger partial charge is 0.294 e. The minimum atomic E-state index is -0.589. The van der Waals surface area contributed by atoms with Crippen LogP contribution in [0.2, 0.25) is 5.15 Å². The zero-order valence-electron chi connectivity index (χ0n) is 5.45. The van der Waals surface area contributed by atoms with E-state index >= 15 is 0 Å². The Labute approximate surface area is 68.0 Å². The van der Waals surface area contributed by atoms with E-state index in [1.165, 1.54) is 18.3 Å². The average molecular weight is 170 g/mol. The van der Waals surface area contributed by atoms with Gasteiger partial charge in [0.25, 0.3) is 0 Å². The van der Waals surface area contributed by atoms with Crippen LogP contribution < -0.4 is 0 Å². The Balaban J connectivity index is 2.98. The van der Waals surface area contributed by atoms with Gasteiger partial charge in [0, 0.05) is 11.8 Å². The van der Waals surface area contributed by atoms with Crippen LogP contribution in [0.25, 0.3) is 0 Å². The molecule has 4 heteroatoms. The van der Waals surface area contributed by atoms with Crippen molar-refractivity contribution in [3.63, 3.8) is 0 Å². The molecule has 1 aromatic heterocycles. The highest BCUT2D eigenvalue weighted by atomic mass is 35.5. The molecule has 0 fully saturated rings. The van der Waals surface area contributed by atoms with Gasteiger partial charge in [-0.1, -0.05) is 11.6 Å². The van der Waals surface area contributed by atoms with E-state index in [-0.39, 0.29) is 11.8 Å². The molecule has 0 saturated heterocycles. The van der Waals surface area contributed by atoms with E-state index in [1.54, 1.807) is 0 Å². The molecule has 0 unspecified atom stereocenters. The Hall–Kier alpha value is -1.22. The molecule has 0 bridgehead atoms. The lowest BCUT2D eigenvalue weighted by Crippen LogP contribution is -1.99. The molecule has 0 aliphatic heterocycles. The molecular formula is C7H4ClNO2. The van der Waals surface area contributed by atoms with Gasteiger partial charge < -0.3 is 0 Å². The van der Waals surface area contributed by atoms with E-state index in [0.29, 0.717) is 5.15 Å².